The zero-order valence-electron chi connectivity index (χ0n) is 16.5. The van der Waals surface area contributed by atoms with Gasteiger partial charge in [-0.15, -0.1) is 11.8 Å². The first kappa shape index (κ1) is 23.2. The van der Waals surface area contributed by atoms with E-state index in [1.165, 1.54) is 18.2 Å². The molecule has 0 bridgehead atoms. The maximum atomic E-state index is 13.5. The lowest BCUT2D eigenvalue weighted by atomic mass is 10.0. The second kappa shape index (κ2) is 11.2. The number of halogens is 1. The molecule has 1 atom stereocenters. The zero-order chi connectivity index (χ0) is 22.1. The predicted molar refractivity (Wildman–Crippen MR) is 108 cm³/mol. The Morgan fingerprint density at radius 1 is 1.20 bits per heavy atom. The molecule has 1 aliphatic heterocycles. The van der Waals surface area contributed by atoms with Gasteiger partial charge in [0.2, 0.25) is 5.91 Å². The summed E-state index contributed by atoms with van der Waals surface area (Å²) in [5.41, 5.74) is 0.362. The summed E-state index contributed by atoms with van der Waals surface area (Å²) >= 11 is 0.981. The van der Waals surface area contributed by atoms with E-state index in [-0.39, 0.29) is 41.7 Å². The van der Waals surface area contributed by atoms with Crippen LogP contribution in [0.15, 0.2) is 35.5 Å². The summed E-state index contributed by atoms with van der Waals surface area (Å²) in [4.78, 5) is 47.5. The number of carbonyl (C=O) groups is 4. The van der Waals surface area contributed by atoms with E-state index in [2.05, 4.69) is 16.0 Å². The van der Waals surface area contributed by atoms with Gasteiger partial charge < -0.3 is 25.4 Å². The number of para-hydroxylation sites is 1. The van der Waals surface area contributed by atoms with Gasteiger partial charge in [-0.05, 0) is 26.0 Å². The van der Waals surface area contributed by atoms with Crippen molar-refractivity contribution < 1.29 is 33.0 Å². The first-order chi connectivity index (χ1) is 14.3. The van der Waals surface area contributed by atoms with E-state index in [0.717, 1.165) is 11.8 Å². The number of hydrogen-bond acceptors (Lipinski definition) is 7. The van der Waals surface area contributed by atoms with Crippen molar-refractivity contribution in [3.8, 4) is 0 Å². The third kappa shape index (κ3) is 6.76. The smallest absolute Gasteiger partial charge is 0.338 e. The van der Waals surface area contributed by atoms with Gasteiger partial charge in [0.05, 0.1) is 41.1 Å². The van der Waals surface area contributed by atoms with E-state index in [0.29, 0.717) is 0 Å². The summed E-state index contributed by atoms with van der Waals surface area (Å²) in [7, 11) is 0. The Kier molecular flexibility index (Phi) is 8.66. The average molecular weight is 439 g/mol. The monoisotopic (exact) mass is 439 g/mol. The van der Waals surface area contributed by atoms with Gasteiger partial charge in [-0.25, -0.2) is 14.0 Å². The van der Waals surface area contributed by atoms with Gasteiger partial charge in [0.1, 0.15) is 12.4 Å². The lowest BCUT2D eigenvalue weighted by Gasteiger charge is -2.26. The van der Waals surface area contributed by atoms with Crippen molar-refractivity contribution in [2.45, 2.75) is 19.9 Å². The normalized spacial score (nSPS) is 15.7. The minimum atomic E-state index is -0.644. The van der Waals surface area contributed by atoms with Crippen molar-refractivity contribution in [3.05, 3.63) is 41.4 Å². The quantitative estimate of drug-likeness (QED) is 0.499. The summed E-state index contributed by atoms with van der Waals surface area (Å²) in [5.74, 6) is -2.52. The second-order valence-electron chi connectivity index (χ2n) is 6.11. The lowest BCUT2D eigenvalue weighted by Crippen LogP contribution is -2.50. The molecule has 11 heteroatoms. The maximum Gasteiger partial charge on any atom is 0.338 e. The number of hydrogen-bond donors (Lipinski definition) is 3. The van der Waals surface area contributed by atoms with Gasteiger partial charge in [-0.2, -0.15) is 0 Å². The van der Waals surface area contributed by atoms with Gasteiger partial charge in [0, 0.05) is 0 Å². The van der Waals surface area contributed by atoms with E-state index < -0.39 is 35.7 Å². The zero-order valence-corrected chi connectivity index (χ0v) is 17.3. The molecular weight excluding hydrogens is 417 g/mol. The number of thioether (sulfide) groups is 1. The second-order valence-corrected chi connectivity index (χ2v) is 7.10. The number of rotatable bonds is 9. The van der Waals surface area contributed by atoms with Crippen molar-refractivity contribution in [3.63, 3.8) is 0 Å². The minimum absolute atomic E-state index is 0.0554. The van der Waals surface area contributed by atoms with E-state index in [4.69, 9.17) is 9.47 Å². The fourth-order valence-corrected chi connectivity index (χ4v) is 3.17. The summed E-state index contributed by atoms with van der Waals surface area (Å²) in [6.07, 6.45) is 0. The van der Waals surface area contributed by atoms with Crippen LogP contribution in [-0.2, 0) is 23.9 Å². The van der Waals surface area contributed by atoms with Crippen molar-refractivity contribution in [1.82, 2.24) is 10.6 Å². The van der Waals surface area contributed by atoms with Crippen LogP contribution >= 0.6 is 11.8 Å². The maximum absolute atomic E-state index is 13.5. The first-order valence-corrected chi connectivity index (χ1v) is 10.2. The number of amides is 3. The van der Waals surface area contributed by atoms with Crippen molar-refractivity contribution in [2.24, 2.45) is 0 Å². The molecule has 0 saturated heterocycles. The summed E-state index contributed by atoms with van der Waals surface area (Å²) in [5, 5.41) is 7.38. The largest absolute Gasteiger partial charge is 0.463 e. The highest BCUT2D eigenvalue weighted by Gasteiger charge is 2.30. The van der Waals surface area contributed by atoms with Gasteiger partial charge in [0.25, 0.3) is 0 Å². The Labute approximate surface area is 176 Å². The van der Waals surface area contributed by atoms with E-state index in [1.54, 1.807) is 19.9 Å². The van der Waals surface area contributed by atoms with Crippen molar-refractivity contribution in [1.29, 1.82) is 0 Å². The number of urea groups is 1. The van der Waals surface area contributed by atoms with Gasteiger partial charge >= 0.3 is 18.0 Å². The molecule has 0 aliphatic carbocycles. The van der Waals surface area contributed by atoms with Crippen LogP contribution in [0, 0.1) is 5.82 Å². The lowest BCUT2D eigenvalue weighted by molar-refractivity contribution is -0.141. The summed E-state index contributed by atoms with van der Waals surface area (Å²) in [6.45, 7) is 3.09. The van der Waals surface area contributed by atoms with Crippen LogP contribution in [0.1, 0.15) is 13.8 Å². The number of esters is 2. The van der Waals surface area contributed by atoms with Crippen LogP contribution in [0.2, 0.25) is 0 Å². The number of carbonyl (C=O) groups excluding carboxylic acids is 4. The van der Waals surface area contributed by atoms with Gasteiger partial charge in [-0.1, -0.05) is 12.1 Å². The molecule has 30 heavy (non-hydrogen) atoms. The topological polar surface area (TPSA) is 123 Å². The molecule has 9 nitrogen and oxygen atoms in total. The Bertz CT molecular complexity index is 860. The van der Waals surface area contributed by atoms with E-state index in [1.807, 2.05) is 0 Å². The van der Waals surface area contributed by atoms with Crippen LogP contribution in [0.5, 0.6) is 0 Å². The Morgan fingerprint density at radius 2 is 1.93 bits per heavy atom. The molecule has 0 radical (unpaired) electrons. The highest BCUT2D eigenvalue weighted by atomic mass is 32.2. The molecule has 0 fully saturated rings. The van der Waals surface area contributed by atoms with Crippen LogP contribution in [-0.4, -0.2) is 54.6 Å². The third-order valence-corrected chi connectivity index (χ3v) is 4.75. The average Bonchev–Trinajstić information content (AvgIpc) is 2.67. The first-order valence-electron chi connectivity index (χ1n) is 9.07. The molecule has 0 aromatic heterocycles. The van der Waals surface area contributed by atoms with E-state index in [9.17, 15) is 23.6 Å². The minimum Gasteiger partial charge on any atom is -0.463 e. The Balaban J connectivity index is 1.83. The summed E-state index contributed by atoms with van der Waals surface area (Å²) in [6, 6.07) is 4.60. The Morgan fingerprint density at radius 3 is 2.63 bits per heavy atom. The van der Waals surface area contributed by atoms with Crippen molar-refractivity contribution in [2.75, 3.05) is 30.0 Å². The number of benzene rings is 1. The Hall–Kier alpha value is -3.08. The predicted octanol–water partition coefficient (Wildman–Crippen LogP) is 1.56. The molecule has 1 heterocycles. The fraction of sp³-hybridized carbons (Fsp3) is 0.368. The molecule has 162 valence electrons. The molecule has 3 N–H and O–H groups in total. The highest BCUT2D eigenvalue weighted by molar-refractivity contribution is 8.00. The fourth-order valence-electron chi connectivity index (χ4n) is 2.56. The number of anilines is 1. The molecule has 3 amide bonds. The standard InChI is InChI=1S/C19H22FN3O6S/c1-3-28-18(26)17-11(2)21-19(27)23-14(17)8-29-16(25)10-30-9-15(24)22-13-7-5-4-6-12(13)20/h4-7,11H,3,8-10H2,1-2H3,(H,22,24)(H2,21,23,27). The van der Waals surface area contributed by atoms with Gasteiger partial charge in [-0.3, -0.25) is 9.59 Å². The van der Waals surface area contributed by atoms with Gasteiger partial charge in [0.15, 0.2) is 0 Å². The molecule has 0 spiro atoms. The molecule has 1 aliphatic rings. The summed E-state index contributed by atoms with van der Waals surface area (Å²) < 4.78 is 23.6. The molecule has 1 aromatic carbocycles. The van der Waals surface area contributed by atoms with Crippen LogP contribution in [0.3, 0.4) is 0 Å². The number of nitrogens with one attached hydrogen (secondary N) is 3. The molecule has 1 unspecified atom stereocenters. The molecule has 2 rings (SSSR count). The van der Waals surface area contributed by atoms with Crippen LogP contribution in [0.4, 0.5) is 14.9 Å². The van der Waals surface area contributed by atoms with Crippen LogP contribution in [0.25, 0.3) is 0 Å². The highest BCUT2D eigenvalue weighted by Crippen LogP contribution is 2.16. The third-order valence-electron chi connectivity index (χ3n) is 3.84. The molecular formula is C19H22FN3O6S. The molecule has 1 aromatic rings. The van der Waals surface area contributed by atoms with Crippen molar-refractivity contribution >= 4 is 41.3 Å². The number of ether oxygens (including phenoxy) is 2. The van der Waals surface area contributed by atoms with E-state index >= 15 is 0 Å². The van der Waals surface area contributed by atoms with Crippen LogP contribution < -0.4 is 16.0 Å². The molecule has 0 saturated carbocycles. The SMILES string of the molecule is CCOC(=O)C1=C(COC(=O)CSCC(=O)Nc2ccccc2F)NC(=O)NC1C.